The number of hydrogen-bond donors (Lipinski definition) is 0. The van der Waals surface area contributed by atoms with E-state index in [4.69, 9.17) is 0 Å². The molecule has 0 saturated carbocycles. The standard InChI is InChI=1S/C9H12O2/c1-6-4-7(10)8(11)9(2,3)5-6/h4H,5H2,1-3H3. The van der Waals surface area contributed by atoms with Gasteiger partial charge >= 0.3 is 0 Å². The zero-order valence-electron chi connectivity index (χ0n) is 7.10. The highest BCUT2D eigenvalue weighted by Crippen LogP contribution is 2.30. The molecule has 0 unspecified atom stereocenters. The van der Waals surface area contributed by atoms with E-state index in [1.165, 1.54) is 6.08 Å². The smallest absolute Gasteiger partial charge is 0.221 e. The normalized spacial score (nSPS) is 23.4. The first-order valence-electron chi connectivity index (χ1n) is 3.69. The maximum atomic E-state index is 11.2. The third kappa shape index (κ3) is 1.39. The quantitative estimate of drug-likeness (QED) is 0.493. The number of carbonyl (C=O) groups is 2. The Bertz CT molecular complexity index is 246. The number of ketones is 2. The van der Waals surface area contributed by atoms with Gasteiger partial charge in [-0.05, 0) is 19.4 Å². The van der Waals surface area contributed by atoms with E-state index in [1.54, 1.807) is 0 Å². The van der Waals surface area contributed by atoms with Crippen molar-refractivity contribution < 1.29 is 9.59 Å². The van der Waals surface area contributed by atoms with Gasteiger partial charge < -0.3 is 0 Å². The molecule has 0 aliphatic heterocycles. The summed E-state index contributed by atoms with van der Waals surface area (Å²) < 4.78 is 0. The van der Waals surface area contributed by atoms with Gasteiger partial charge in [0.25, 0.3) is 0 Å². The second-order valence-corrected chi connectivity index (χ2v) is 3.74. The van der Waals surface area contributed by atoms with Crippen LogP contribution in [-0.4, -0.2) is 11.6 Å². The van der Waals surface area contributed by atoms with E-state index < -0.39 is 5.41 Å². The number of rotatable bonds is 0. The highest BCUT2D eigenvalue weighted by molar-refractivity contribution is 6.44. The largest absolute Gasteiger partial charge is 0.290 e. The fraction of sp³-hybridized carbons (Fsp3) is 0.556. The van der Waals surface area contributed by atoms with Crippen LogP contribution in [0.1, 0.15) is 27.2 Å². The van der Waals surface area contributed by atoms with E-state index in [0.717, 1.165) is 5.57 Å². The lowest BCUT2D eigenvalue weighted by molar-refractivity contribution is -0.139. The minimum Gasteiger partial charge on any atom is -0.290 e. The highest BCUT2D eigenvalue weighted by atomic mass is 16.2. The molecule has 0 heterocycles. The molecule has 0 atom stereocenters. The fourth-order valence-electron chi connectivity index (χ4n) is 1.45. The molecular formula is C9H12O2. The van der Waals surface area contributed by atoms with Gasteiger partial charge in [-0.3, -0.25) is 9.59 Å². The Labute approximate surface area is 66.3 Å². The lowest BCUT2D eigenvalue weighted by atomic mass is 9.76. The number of hydrogen-bond acceptors (Lipinski definition) is 2. The lowest BCUT2D eigenvalue weighted by Crippen LogP contribution is -2.33. The van der Waals surface area contributed by atoms with Crippen molar-refractivity contribution in [2.24, 2.45) is 5.41 Å². The number of Topliss-reactive ketones (excluding diaryl/α,β-unsaturated/α-hetero) is 1. The van der Waals surface area contributed by atoms with Gasteiger partial charge in [-0.15, -0.1) is 0 Å². The van der Waals surface area contributed by atoms with Crippen LogP contribution in [0.15, 0.2) is 11.6 Å². The third-order valence-electron chi connectivity index (χ3n) is 1.94. The van der Waals surface area contributed by atoms with Gasteiger partial charge in [0.2, 0.25) is 11.6 Å². The molecule has 11 heavy (non-hydrogen) atoms. The van der Waals surface area contributed by atoms with Crippen LogP contribution < -0.4 is 0 Å². The maximum absolute atomic E-state index is 11.2. The fourth-order valence-corrected chi connectivity index (χ4v) is 1.45. The molecule has 0 spiro atoms. The SMILES string of the molecule is CC1=CC(=O)C(=O)C(C)(C)C1. The summed E-state index contributed by atoms with van der Waals surface area (Å²) in [5.74, 6) is -0.609. The molecule has 0 N–H and O–H groups in total. The van der Waals surface area contributed by atoms with Crippen LogP contribution in [0.3, 0.4) is 0 Å². The van der Waals surface area contributed by atoms with Crippen molar-refractivity contribution >= 4 is 11.6 Å². The molecule has 0 aromatic heterocycles. The molecule has 0 amide bonds. The summed E-state index contributed by atoms with van der Waals surface area (Å²) in [6.45, 7) is 5.50. The predicted octanol–water partition coefficient (Wildman–Crippen LogP) is 1.50. The minimum absolute atomic E-state index is 0.261. The van der Waals surface area contributed by atoms with Gasteiger partial charge in [0.1, 0.15) is 0 Å². The van der Waals surface area contributed by atoms with Gasteiger partial charge in [0, 0.05) is 5.41 Å². The predicted molar refractivity (Wildman–Crippen MR) is 42.2 cm³/mol. The van der Waals surface area contributed by atoms with Crippen molar-refractivity contribution in [3.63, 3.8) is 0 Å². The van der Waals surface area contributed by atoms with Crippen molar-refractivity contribution in [3.8, 4) is 0 Å². The van der Waals surface area contributed by atoms with Crippen LogP contribution in [-0.2, 0) is 9.59 Å². The van der Waals surface area contributed by atoms with E-state index in [-0.39, 0.29) is 11.6 Å². The Morgan fingerprint density at radius 3 is 2.36 bits per heavy atom. The maximum Gasteiger partial charge on any atom is 0.221 e. The molecule has 0 aromatic carbocycles. The number of carbonyl (C=O) groups excluding carboxylic acids is 2. The van der Waals surface area contributed by atoms with Crippen molar-refractivity contribution in [1.82, 2.24) is 0 Å². The second kappa shape index (κ2) is 2.29. The van der Waals surface area contributed by atoms with Crippen LogP contribution in [0, 0.1) is 5.41 Å². The summed E-state index contributed by atoms with van der Waals surface area (Å²) in [7, 11) is 0. The van der Waals surface area contributed by atoms with Crippen LogP contribution in [0.2, 0.25) is 0 Å². The van der Waals surface area contributed by atoms with Crippen molar-refractivity contribution in [2.75, 3.05) is 0 Å². The molecule has 2 nitrogen and oxygen atoms in total. The topological polar surface area (TPSA) is 34.1 Å². The van der Waals surface area contributed by atoms with Crippen LogP contribution in [0.25, 0.3) is 0 Å². The van der Waals surface area contributed by atoms with E-state index in [2.05, 4.69) is 0 Å². The average molecular weight is 152 g/mol. The van der Waals surface area contributed by atoms with E-state index in [1.807, 2.05) is 20.8 Å². The van der Waals surface area contributed by atoms with E-state index in [0.29, 0.717) is 6.42 Å². The lowest BCUT2D eigenvalue weighted by Gasteiger charge is -2.25. The Hall–Kier alpha value is -0.920. The van der Waals surface area contributed by atoms with Gasteiger partial charge in [-0.25, -0.2) is 0 Å². The van der Waals surface area contributed by atoms with E-state index >= 15 is 0 Å². The van der Waals surface area contributed by atoms with Crippen molar-refractivity contribution in [2.45, 2.75) is 27.2 Å². The molecule has 1 aliphatic rings. The van der Waals surface area contributed by atoms with Crippen LogP contribution >= 0.6 is 0 Å². The second-order valence-electron chi connectivity index (χ2n) is 3.74. The highest BCUT2D eigenvalue weighted by Gasteiger charge is 2.35. The summed E-state index contributed by atoms with van der Waals surface area (Å²) in [5.41, 5.74) is 0.523. The summed E-state index contributed by atoms with van der Waals surface area (Å²) in [6, 6.07) is 0. The summed E-state index contributed by atoms with van der Waals surface area (Å²) in [5, 5.41) is 0. The van der Waals surface area contributed by atoms with Gasteiger partial charge in [-0.2, -0.15) is 0 Å². The van der Waals surface area contributed by atoms with Crippen LogP contribution in [0.4, 0.5) is 0 Å². The first-order chi connectivity index (χ1) is 4.93. The molecule has 2 heteroatoms. The Morgan fingerprint density at radius 2 is 1.91 bits per heavy atom. The van der Waals surface area contributed by atoms with Crippen LogP contribution in [0.5, 0.6) is 0 Å². The molecule has 60 valence electrons. The van der Waals surface area contributed by atoms with Gasteiger partial charge in [0.15, 0.2) is 0 Å². The molecule has 0 aromatic rings. The Balaban J connectivity index is 3.04. The first-order valence-corrected chi connectivity index (χ1v) is 3.69. The molecule has 0 bridgehead atoms. The zero-order chi connectivity index (χ0) is 8.65. The van der Waals surface area contributed by atoms with Gasteiger partial charge in [-0.1, -0.05) is 19.4 Å². The number of allylic oxidation sites excluding steroid dienone is 2. The zero-order valence-corrected chi connectivity index (χ0v) is 7.10. The molecule has 0 fully saturated rings. The first kappa shape index (κ1) is 8.18. The summed E-state index contributed by atoms with van der Waals surface area (Å²) in [6.07, 6.45) is 2.14. The molecule has 1 aliphatic carbocycles. The Morgan fingerprint density at radius 1 is 1.36 bits per heavy atom. The molecule has 0 radical (unpaired) electrons. The van der Waals surface area contributed by atoms with E-state index in [9.17, 15) is 9.59 Å². The monoisotopic (exact) mass is 152 g/mol. The molecular weight excluding hydrogens is 140 g/mol. The molecule has 1 rings (SSSR count). The summed E-state index contributed by atoms with van der Waals surface area (Å²) >= 11 is 0. The minimum atomic E-state index is -0.476. The van der Waals surface area contributed by atoms with Crippen molar-refractivity contribution in [3.05, 3.63) is 11.6 Å². The Kier molecular flexibility index (Phi) is 1.70. The molecule has 0 saturated heterocycles. The average Bonchev–Trinajstić information content (AvgIpc) is 1.81. The van der Waals surface area contributed by atoms with Gasteiger partial charge in [0.05, 0.1) is 0 Å². The van der Waals surface area contributed by atoms with Crippen molar-refractivity contribution in [1.29, 1.82) is 0 Å². The third-order valence-corrected chi connectivity index (χ3v) is 1.94. The summed E-state index contributed by atoms with van der Waals surface area (Å²) in [4.78, 5) is 22.2.